The summed E-state index contributed by atoms with van der Waals surface area (Å²) in [4.78, 5) is 23.2. The second-order valence-corrected chi connectivity index (χ2v) is 7.42. The minimum absolute atomic E-state index is 0.708. The van der Waals surface area contributed by atoms with Gasteiger partial charge in [-0.1, -0.05) is 12.1 Å². The summed E-state index contributed by atoms with van der Waals surface area (Å²) in [5.41, 5.74) is 2.51. The summed E-state index contributed by atoms with van der Waals surface area (Å²) in [5.74, 6) is -0.907. The largest absolute Gasteiger partial charge is 0.497 e. The van der Waals surface area contributed by atoms with Gasteiger partial charge >= 0.3 is 11.9 Å². The third-order valence-electron chi connectivity index (χ3n) is 5.17. The van der Waals surface area contributed by atoms with Crippen molar-refractivity contribution in [2.45, 2.75) is 20.0 Å². The molecule has 0 aliphatic carbocycles. The molecule has 9 heteroatoms. The van der Waals surface area contributed by atoms with Gasteiger partial charge in [0.05, 0.1) is 20.8 Å². The molecular formula is C24H32N2O7. The predicted octanol–water partition coefficient (Wildman–Crippen LogP) is 2.58. The first-order valence-corrected chi connectivity index (χ1v) is 10.7. The smallest absolute Gasteiger partial charge is 0.414 e. The molecule has 0 spiro atoms. The van der Waals surface area contributed by atoms with Crippen molar-refractivity contribution in [2.24, 2.45) is 0 Å². The summed E-state index contributed by atoms with van der Waals surface area (Å²) in [6, 6.07) is 14.4. The Balaban J connectivity index is 0.000000569. The maximum Gasteiger partial charge on any atom is 0.414 e. The lowest BCUT2D eigenvalue weighted by atomic mass is 10.1. The fourth-order valence-corrected chi connectivity index (χ4v) is 3.47. The predicted molar refractivity (Wildman–Crippen MR) is 123 cm³/mol. The Morgan fingerprint density at radius 2 is 1.36 bits per heavy atom. The number of carboxylic acid groups (broad SMARTS) is 2. The van der Waals surface area contributed by atoms with Gasteiger partial charge < -0.3 is 24.4 Å². The van der Waals surface area contributed by atoms with Crippen LogP contribution < -0.4 is 14.2 Å². The summed E-state index contributed by atoms with van der Waals surface area (Å²) in [6.07, 6.45) is 0. The molecule has 2 N–H and O–H groups in total. The van der Waals surface area contributed by atoms with Crippen molar-refractivity contribution in [1.82, 2.24) is 9.80 Å². The number of nitrogens with zero attached hydrogens (tertiary/aromatic N) is 2. The lowest BCUT2D eigenvalue weighted by molar-refractivity contribution is -0.159. The van der Waals surface area contributed by atoms with Crippen LogP contribution in [0.15, 0.2) is 42.5 Å². The van der Waals surface area contributed by atoms with Crippen LogP contribution in [0.25, 0.3) is 0 Å². The molecule has 0 saturated carbocycles. The highest BCUT2D eigenvalue weighted by molar-refractivity contribution is 6.27. The van der Waals surface area contributed by atoms with Crippen LogP contribution in [0.3, 0.4) is 0 Å². The molecule has 0 amide bonds. The van der Waals surface area contributed by atoms with Crippen molar-refractivity contribution in [3.05, 3.63) is 53.6 Å². The Hall–Kier alpha value is -3.30. The van der Waals surface area contributed by atoms with Crippen LogP contribution in [0.4, 0.5) is 0 Å². The van der Waals surface area contributed by atoms with Gasteiger partial charge in [-0.25, -0.2) is 9.59 Å². The van der Waals surface area contributed by atoms with E-state index < -0.39 is 11.9 Å². The molecule has 2 aromatic rings. The maximum atomic E-state index is 9.10. The van der Waals surface area contributed by atoms with E-state index in [0.717, 1.165) is 56.5 Å². The number of hydrogen-bond donors (Lipinski definition) is 2. The van der Waals surface area contributed by atoms with Crippen molar-refractivity contribution in [1.29, 1.82) is 0 Å². The lowest BCUT2D eigenvalue weighted by Crippen LogP contribution is -2.45. The summed E-state index contributed by atoms with van der Waals surface area (Å²) >= 11 is 0. The third kappa shape index (κ3) is 8.63. The molecular weight excluding hydrogens is 428 g/mol. The van der Waals surface area contributed by atoms with Crippen molar-refractivity contribution in [3.63, 3.8) is 0 Å². The van der Waals surface area contributed by atoms with Gasteiger partial charge in [0.1, 0.15) is 17.2 Å². The molecule has 1 heterocycles. The Labute approximate surface area is 194 Å². The minimum atomic E-state index is -1.82. The highest BCUT2D eigenvalue weighted by Crippen LogP contribution is 2.25. The van der Waals surface area contributed by atoms with E-state index in [1.807, 2.05) is 19.1 Å². The molecule has 33 heavy (non-hydrogen) atoms. The lowest BCUT2D eigenvalue weighted by Gasteiger charge is -2.35. The van der Waals surface area contributed by atoms with E-state index in [1.54, 1.807) is 14.2 Å². The molecule has 0 atom stereocenters. The molecule has 9 nitrogen and oxygen atoms in total. The standard InChI is InChI=1S/C22H30N2O3.C2H2O4/c1-4-27-20-7-5-18(6-8-20)16-23-11-13-24(14-12-23)17-19-15-21(25-2)9-10-22(19)26-3;3-1(4)2(5)6/h5-10,15H,4,11-14,16-17H2,1-3H3;(H,3,4)(H,5,6). The summed E-state index contributed by atoms with van der Waals surface area (Å²) in [5, 5.41) is 14.8. The van der Waals surface area contributed by atoms with E-state index in [-0.39, 0.29) is 0 Å². The Morgan fingerprint density at radius 3 is 1.85 bits per heavy atom. The average Bonchev–Trinajstić information content (AvgIpc) is 2.82. The molecule has 1 saturated heterocycles. The summed E-state index contributed by atoms with van der Waals surface area (Å²) in [6.45, 7) is 8.83. The first kappa shape index (κ1) is 26.0. The monoisotopic (exact) mass is 460 g/mol. The number of carbonyl (C=O) groups is 2. The van der Waals surface area contributed by atoms with Crippen molar-refractivity contribution in [2.75, 3.05) is 47.0 Å². The number of carboxylic acids is 2. The molecule has 1 aliphatic heterocycles. The second-order valence-electron chi connectivity index (χ2n) is 7.42. The van der Waals surface area contributed by atoms with Crippen molar-refractivity contribution >= 4 is 11.9 Å². The number of ether oxygens (including phenoxy) is 3. The van der Waals surface area contributed by atoms with Crippen LogP contribution in [-0.4, -0.2) is 79.0 Å². The number of piperazine rings is 1. The van der Waals surface area contributed by atoms with E-state index >= 15 is 0 Å². The summed E-state index contributed by atoms with van der Waals surface area (Å²) < 4.78 is 16.4. The highest BCUT2D eigenvalue weighted by atomic mass is 16.5. The zero-order valence-corrected chi connectivity index (χ0v) is 19.3. The molecule has 2 aromatic carbocycles. The van der Waals surface area contributed by atoms with Gasteiger partial charge in [0.2, 0.25) is 0 Å². The number of hydrogen-bond acceptors (Lipinski definition) is 7. The van der Waals surface area contributed by atoms with E-state index in [1.165, 1.54) is 11.1 Å². The highest BCUT2D eigenvalue weighted by Gasteiger charge is 2.18. The van der Waals surface area contributed by atoms with Gasteiger partial charge in [0, 0.05) is 44.8 Å². The topological polar surface area (TPSA) is 109 Å². The fraction of sp³-hybridized carbons (Fsp3) is 0.417. The molecule has 0 bridgehead atoms. The Morgan fingerprint density at radius 1 is 0.818 bits per heavy atom. The number of methoxy groups -OCH3 is 2. The SMILES string of the molecule is CCOc1ccc(CN2CCN(Cc3cc(OC)ccc3OC)CC2)cc1.O=C(O)C(=O)O. The van der Waals surface area contributed by atoms with Crippen LogP contribution in [0.2, 0.25) is 0 Å². The van der Waals surface area contributed by atoms with Crippen molar-refractivity contribution < 1.29 is 34.0 Å². The number of rotatable bonds is 8. The van der Waals surface area contributed by atoms with E-state index in [4.69, 9.17) is 34.0 Å². The Kier molecular flexibility index (Phi) is 10.5. The quantitative estimate of drug-likeness (QED) is 0.575. The van der Waals surface area contributed by atoms with Gasteiger partial charge in [-0.2, -0.15) is 0 Å². The average molecular weight is 461 g/mol. The van der Waals surface area contributed by atoms with Crippen LogP contribution in [0.5, 0.6) is 17.2 Å². The Bertz CT molecular complexity index is 882. The van der Waals surface area contributed by atoms with E-state index in [0.29, 0.717) is 6.61 Å². The number of aliphatic carboxylic acids is 2. The van der Waals surface area contributed by atoms with E-state index in [9.17, 15) is 0 Å². The van der Waals surface area contributed by atoms with Crippen LogP contribution >= 0.6 is 0 Å². The van der Waals surface area contributed by atoms with E-state index in [2.05, 4.69) is 40.1 Å². The van der Waals surface area contributed by atoms with Crippen LogP contribution in [-0.2, 0) is 22.7 Å². The minimum Gasteiger partial charge on any atom is -0.497 e. The van der Waals surface area contributed by atoms with Gasteiger partial charge in [0.15, 0.2) is 0 Å². The molecule has 0 radical (unpaired) electrons. The first-order valence-electron chi connectivity index (χ1n) is 10.7. The molecule has 1 aliphatic rings. The summed E-state index contributed by atoms with van der Waals surface area (Å²) in [7, 11) is 3.42. The first-order chi connectivity index (χ1) is 15.9. The van der Waals surface area contributed by atoms with Gasteiger partial charge in [-0.3, -0.25) is 9.80 Å². The van der Waals surface area contributed by atoms with Gasteiger partial charge in [-0.05, 0) is 42.8 Å². The zero-order valence-electron chi connectivity index (χ0n) is 19.3. The molecule has 1 fully saturated rings. The van der Waals surface area contributed by atoms with Crippen molar-refractivity contribution in [3.8, 4) is 17.2 Å². The molecule has 180 valence electrons. The molecule has 0 unspecified atom stereocenters. The normalized spacial score (nSPS) is 14.0. The molecule has 0 aromatic heterocycles. The second kappa shape index (κ2) is 13.3. The maximum absolute atomic E-state index is 9.10. The zero-order chi connectivity index (χ0) is 24.2. The van der Waals surface area contributed by atoms with Crippen LogP contribution in [0, 0.1) is 0 Å². The van der Waals surface area contributed by atoms with Gasteiger partial charge in [-0.15, -0.1) is 0 Å². The molecule has 3 rings (SSSR count). The van der Waals surface area contributed by atoms with Gasteiger partial charge in [0.25, 0.3) is 0 Å². The van der Waals surface area contributed by atoms with Crippen LogP contribution in [0.1, 0.15) is 18.1 Å². The third-order valence-corrected chi connectivity index (χ3v) is 5.17. The number of benzene rings is 2. The fourth-order valence-electron chi connectivity index (χ4n) is 3.47.